The molecule has 0 aliphatic heterocycles. The summed E-state index contributed by atoms with van der Waals surface area (Å²) in [5.41, 5.74) is 3.45. The summed E-state index contributed by atoms with van der Waals surface area (Å²) in [5.74, 6) is 0. The van der Waals surface area contributed by atoms with Crippen LogP contribution in [0.3, 0.4) is 0 Å². The first-order valence-electron chi connectivity index (χ1n) is 25.0. The number of hydrogen-bond acceptors (Lipinski definition) is 1. The molecule has 0 aliphatic rings. The van der Waals surface area contributed by atoms with Gasteiger partial charge in [-0.25, -0.2) is 0 Å². The Morgan fingerprint density at radius 3 is 1.51 bits per heavy atom. The van der Waals surface area contributed by atoms with Gasteiger partial charge in [0.2, 0.25) is 0 Å². The summed E-state index contributed by atoms with van der Waals surface area (Å²) in [6.07, 6.45) is 0. The van der Waals surface area contributed by atoms with Gasteiger partial charge in [0.25, 0.3) is 0 Å². The van der Waals surface area contributed by atoms with Crippen LogP contribution in [0.25, 0.3) is 99.1 Å². The Morgan fingerprint density at radius 2 is 0.863 bits per heavy atom. The second-order valence-corrected chi connectivity index (χ2v) is 11.9. The van der Waals surface area contributed by atoms with E-state index in [1.807, 2.05) is 42.5 Å². The van der Waals surface area contributed by atoms with Crippen LogP contribution in [0.5, 0.6) is 0 Å². The molecule has 0 bridgehead atoms. The molecule has 0 aliphatic carbocycles. The Kier molecular flexibility index (Phi) is 3.85. The van der Waals surface area contributed by atoms with Crippen molar-refractivity contribution in [1.29, 1.82) is 0 Å². The van der Waals surface area contributed by atoms with Gasteiger partial charge in [0, 0.05) is 16.3 Å². The van der Waals surface area contributed by atoms with Gasteiger partial charge >= 0.3 is 0 Å². The van der Waals surface area contributed by atoms with E-state index in [0.29, 0.717) is 44.4 Å². The lowest BCUT2D eigenvalue weighted by Gasteiger charge is -2.18. The Morgan fingerprint density at radius 1 is 0.333 bits per heavy atom. The summed E-state index contributed by atoms with van der Waals surface area (Å²) < 4.78 is 164. The summed E-state index contributed by atoms with van der Waals surface area (Å²) in [7, 11) is 0. The molecular formula is C50H32O. The number of furan rings is 1. The van der Waals surface area contributed by atoms with Crippen LogP contribution in [0.1, 0.15) is 24.7 Å². The van der Waals surface area contributed by atoms with Gasteiger partial charge < -0.3 is 4.42 Å². The predicted octanol–water partition coefficient (Wildman–Crippen LogP) is 14.2. The molecule has 1 heterocycles. The average molecular weight is 667 g/mol. The Balaban J connectivity index is 1.30. The molecule has 1 nitrogen and oxygen atoms in total. The molecule has 0 N–H and O–H groups in total. The van der Waals surface area contributed by atoms with Gasteiger partial charge in [0.05, 0.1) is 24.7 Å². The van der Waals surface area contributed by atoms with Crippen molar-refractivity contribution in [2.45, 2.75) is 0 Å². The molecule has 0 saturated heterocycles. The van der Waals surface area contributed by atoms with Gasteiger partial charge in [0.15, 0.2) is 0 Å². The first kappa shape index (κ1) is 16.3. The van der Waals surface area contributed by atoms with Crippen molar-refractivity contribution >= 4 is 43.5 Å². The van der Waals surface area contributed by atoms with Gasteiger partial charge in [-0.15, -0.1) is 0 Å². The number of fused-ring (bicyclic) bond motifs is 5. The zero-order chi connectivity index (χ0) is 49.4. The molecule has 1 aromatic heterocycles. The first-order chi connectivity index (χ1) is 32.8. The monoisotopic (exact) mass is 666 g/mol. The molecule has 0 saturated carbocycles. The fraction of sp³-hybridized carbons (Fsp3) is 0. The van der Waals surface area contributed by atoms with Gasteiger partial charge in [-0.05, 0) is 89.8 Å². The lowest BCUT2D eigenvalue weighted by molar-refractivity contribution is 0.669. The molecule has 0 amide bonds. The SMILES string of the molecule is [2H]c1c([2H])c([2H])c(-c2cccc(-c3ccc4oc5ccccc5c4c3-c3ccc(-c4c5c([2H])c([2H])c([2H])c([2H])c5c(-c5c([2H])c([2H])c([2H])c([2H])c5[2H])c5c([2H])c([2H])c([2H])c([2H])c45)cc3)c2)c([2H])c1[2H]. The second kappa shape index (κ2) is 12.0. The molecule has 238 valence electrons. The predicted molar refractivity (Wildman–Crippen MR) is 216 cm³/mol. The molecule has 9 aromatic carbocycles. The highest BCUT2D eigenvalue weighted by molar-refractivity contribution is 6.21. The molecule has 0 fully saturated rings. The summed E-state index contributed by atoms with van der Waals surface area (Å²) in [4.78, 5) is 0. The van der Waals surface area contributed by atoms with Gasteiger partial charge in [-0.2, -0.15) is 0 Å². The molecule has 0 unspecified atom stereocenters. The fourth-order valence-electron chi connectivity index (χ4n) is 6.94. The smallest absolute Gasteiger partial charge is 0.136 e. The van der Waals surface area contributed by atoms with Crippen molar-refractivity contribution < 1.29 is 29.1 Å². The van der Waals surface area contributed by atoms with Crippen molar-refractivity contribution in [1.82, 2.24) is 0 Å². The minimum Gasteiger partial charge on any atom is -0.456 e. The lowest BCUT2D eigenvalue weighted by Crippen LogP contribution is -1.91. The number of rotatable bonds is 5. The molecule has 10 rings (SSSR count). The summed E-state index contributed by atoms with van der Waals surface area (Å²) in [6, 6.07) is 13.6. The van der Waals surface area contributed by atoms with Gasteiger partial charge in [-0.3, -0.25) is 0 Å². The molecular weight excluding hydrogens is 617 g/mol. The highest BCUT2D eigenvalue weighted by Crippen LogP contribution is 2.46. The van der Waals surface area contributed by atoms with E-state index in [9.17, 15) is 5.48 Å². The van der Waals surface area contributed by atoms with Crippen LogP contribution < -0.4 is 0 Å². The van der Waals surface area contributed by atoms with E-state index in [1.165, 1.54) is 0 Å². The van der Waals surface area contributed by atoms with E-state index < -0.39 is 102 Å². The minimum absolute atomic E-state index is 0.0137. The average Bonchev–Trinajstić information content (AvgIpc) is 3.74. The highest BCUT2D eigenvalue weighted by atomic mass is 16.3. The molecule has 0 spiro atoms. The van der Waals surface area contributed by atoms with Crippen LogP contribution >= 0.6 is 0 Å². The maximum atomic E-state index is 9.34. The largest absolute Gasteiger partial charge is 0.456 e. The van der Waals surface area contributed by atoms with Gasteiger partial charge in [-0.1, -0.05) is 175 Å². The van der Waals surface area contributed by atoms with E-state index in [4.69, 9.17) is 23.6 Å². The standard InChI is InChI=1S/C50H32O/c1-3-14-33(15-4-1)37-18-13-19-38(32-37)39-30-31-46-50(44-24-11-12-25-45(44)51-46)49(39)36-28-26-35(27-29-36)48-42-22-9-7-20-40(42)47(34-16-5-2-6-17-34)41-21-8-10-23-43(41)48/h1-32H/i1D,2D,3D,4D,5D,6D,7D,8D,9D,10D,14D,15D,16D,17D,20D,21D,22D,23D. The Bertz CT molecular complexity index is 3800. The molecule has 0 radical (unpaired) electrons. The van der Waals surface area contributed by atoms with Crippen molar-refractivity contribution in [3.05, 3.63) is 194 Å². The maximum absolute atomic E-state index is 9.34. The third-order valence-corrected chi connectivity index (χ3v) is 9.09. The van der Waals surface area contributed by atoms with E-state index in [-0.39, 0.29) is 55.9 Å². The normalized spacial score (nSPS) is 16.5. The second-order valence-electron chi connectivity index (χ2n) is 11.9. The van der Waals surface area contributed by atoms with Crippen molar-refractivity contribution in [3.63, 3.8) is 0 Å². The van der Waals surface area contributed by atoms with Crippen LogP contribution in [0.15, 0.2) is 198 Å². The van der Waals surface area contributed by atoms with Crippen molar-refractivity contribution in [2.75, 3.05) is 0 Å². The van der Waals surface area contributed by atoms with Crippen molar-refractivity contribution in [2.24, 2.45) is 0 Å². The molecule has 1 heteroatoms. The lowest BCUT2D eigenvalue weighted by atomic mass is 9.85. The fourth-order valence-corrected chi connectivity index (χ4v) is 6.94. The van der Waals surface area contributed by atoms with Crippen LogP contribution in [0.2, 0.25) is 0 Å². The topological polar surface area (TPSA) is 13.1 Å². The zero-order valence-corrected chi connectivity index (χ0v) is 26.5. The van der Waals surface area contributed by atoms with Crippen LogP contribution in [-0.4, -0.2) is 0 Å². The third kappa shape index (κ3) is 4.86. The van der Waals surface area contributed by atoms with Crippen LogP contribution in [0.4, 0.5) is 0 Å². The van der Waals surface area contributed by atoms with Gasteiger partial charge in [0.1, 0.15) is 11.2 Å². The molecule has 51 heavy (non-hydrogen) atoms. The highest BCUT2D eigenvalue weighted by Gasteiger charge is 2.20. The van der Waals surface area contributed by atoms with E-state index in [1.54, 1.807) is 42.5 Å². The zero-order valence-electron chi connectivity index (χ0n) is 44.5. The quantitative estimate of drug-likeness (QED) is 0.167. The Labute approximate surface area is 322 Å². The first-order valence-corrected chi connectivity index (χ1v) is 16.0. The molecule has 0 atom stereocenters. The summed E-state index contributed by atoms with van der Waals surface area (Å²) in [5, 5.41) is 0.440. The molecule has 10 aromatic rings. The number of hydrogen-bond donors (Lipinski definition) is 0. The van der Waals surface area contributed by atoms with Crippen LogP contribution in [0, 0.1) is 0 Å². The Hall–Kier alpha value is -6.70. The van der Waals surface area contributed by atoms with Crippen molar-refractivity contribution in [3.8, 4) is 55.6 Å². The van der Waals surface area contributed by atoms with E-state index >= 15 is 0 Å². The van der Waals surface area contributed by atoms with Crippen LogP contribution in [-0.2, 0) is 0 Å². The van der Waals surface area contributed by atoms with E-state index in [2.05, 4.69) is 0 Å². The maximum Gasteiger partial charge on any atom is 0.136 e. The minimum atomic E-state index is -0.755. The van der Waals surface area contributed by atoms with E-state index in [0.717, 1.165) is 5.39 Å². The summed E-state index contributed by atoms with van der Waals surface area (Å²) in [6.45, 7) is 0. The summed E-state index contributed by atoms with van der Waals surface area (Å²) >= 11 is 0. The third-order valence-electron chi connectivity index (χ3n) is 9.09. The number of benzene rings is 9. The number of para-hydroxylation sites is 1.